The van der Waals surface area contributed by atoms with Gasteiger partial charge in [0, 0.05) is 35.7 Å². The average molecular weight is 512 g/mol. The van der Waals surface area contributed by atoms with Crippen molar-refractivity contribution in [1.82, 2.24) is 0 Å². The van der Waals surface area contributed by atoms with Crippen LogP contribution in [0.3, 0.4) is 0 Å². The Morgan fingerprint density at radius 3 is 2.03 bits per heavy atom. The quantitative estimate of drug-likeness (QED) is 0.205. The van der Waals surface area contributed by atoms with Crippen LogP contribution in [0.2, 0.25) is 0 Å². The van der Waals surface area contributed by atoms with Gasteiger partial charge in [-0.15, -0.1) is 11.3 Å². The molecular weight excluding hydrogens is 491 g/mol. The van der Waals surface area contributed by atoms with Gasteiger partial charge in [-0.1, -0.05) is 54.2 Å². The Balaban J connectivity index is 1.25. The van der Waals surface area contributed by atoms with Gasteiger partial charge in [-0.2, -0.15) is 0 Å². The lowest BCUT2D eigenvalue weighted by Gasteiger charge is -2.33. The Morgan fingerprint density at radius 2 is 1.22 bits per heavy atom. The number of benzene rings is 5. The van der Waals surface area contributed by atoms with E-state index in [0.29, 0.717) is 0 Å². The van der Waals surface area contributed by atoms with Crippen LogP contribution in [-0.4, -0.2) is 0 Å². The maximum atomic E-state index is 13.2. The van der Waals surface area contributed by atoms with E-state index < -0.39 is 0 Å². The van der Waals surface area contributed by atoms with Gasteiger partial charge in [-0.3, -0.25) is 4.79 Å². The van der Waals surface area contributed by atoms with Crippen molar-refractivity contribution < 1.29 is 0 Å². The maximum Gasteiger partial charge on any atom is 0.195 e. The Bertz CT molecular complexity index is 1910. The third kappa shape index (κ3) is 3.29. The normalized spacial score (nSPS) is 13.7. The van der Waals surface area contributed by atoms with Crippen LogP contribution in [0.4, 0.5) is 17.1 Å². The van der Waals surface area contributed by atoms with E-state index in [-0.39, 0.29) is 5.43 Å². The van der Waals surface area contributed by atoms with Crippen LogP contribution in [0.15, 0.2) is 118 Å². The molecule has 0 saturated carbocycles. The Labute approximate surface area is 222 Å². The lowest BCUT2D eigenvalue weighted by Crippen LogP contribution is -2.16. The summed E-state index contributed by atoms with van der Waals surface area (Å²) in [5, 5.41) is 1.67. The molecule has 0 spiro atoms. The van der Waals surface area contributed by atoms with Crippen molar-refractivity contribution in [2.75, 3.05) is 4.90 Å². The van der Waals surface area contributed by atoms with Crippen molar-refractivity contribution in [2.24, 2.45) is 0 Å². The molecule has 176 valence electrons. The molecule has 0 bridgehead atoms. The van der Waals surface area contributed by atoms with Crippen LogP contribution in [-0.2, 0) is 12.8 Å². The summed E-state index contributed by atoms with van der Waals surface area (Å²) in [6.45, 7) is 0. The topological polar surface area (TPSA) is 20.3 Å². The maximum absolute atomic E-state index is 13.2. The highest BCUT2D eigenvalue weighted by molar-refractivity contribution is 7.99. The van der Waals surface area contributed by atoms with E-state index in [1.165, 1.54) is 49.1 Å². The lowest BCUT2D eigenvalue weighted by molar-refractivity contribution is 1.00. The first-order valence-corrected chi connectivity index (χ1v) is 14.1. The first kappa shape index (κ1) is 21.2. The number of rotatable bonds is 1. The monoisotopic (exact) mass is 511 g/mol. The van der Waals surface area contributed by atoms with Crippen molar-refractivity contribution in [3.63, 3.8) is 0 Å². The van der Waals surface area contributed by atoms with Gasteiger partial charge in [0.05, 0.1) is 11.4 Å². The molecule has 2 nitrogen and oxygen atoms in total. The van der Waals surface area contributed by atoms with Crippen LogP contribution >= 0.6 is 23.1 Å². The van der Waals surface area contributed by atoms with Gasteiger partial charge in [-0.25, -0.2) is 0 Å². The van der Waals surface area contributed by atoms with Gasteiger partial charge in [0.2, 0.25) is 0 Å². The highest BCUT2D eigenvalue weighted by Gasteiger charge is 2.26. The third-order valence-corrected chi connectivity index (χ3v) is 9.80. The summed E-state index contributed by atoms with van der Waals surface area (Å²) in [5.41, 5.74) is 9.11. The Hall–Kier alpha value is -3.86. The number of anilines is 3. The van der Waals surface area contributed by atoms with E-state index in [2.05, 4.69) is 89.8 Å². The highest BCUT2D eigenvalue weighted by atomic mass is 32.2. The molecule has 0 atom stereocenters. The van der Waals surface area contributed by atoms with Gasteiger partial charge in [-0.05, 0) is 95.8 Å². The minimum absolute atomic E-state index is 0.147. The number of hydrogen-bond donors (Lipinski definition) is 0. The molecule has 8 rings (SSSR count). The standard InChI is InChI=1S/C33H21NOS2/c35-33-25-7-1-4-10-29(25)36-32-19-23-16-21-17-24(14-13-20(21)15-22(23)18-26(32)33)34-27-8-2-5-11-30(27)37-31-12-6-3-9-28(31)34/h1-14,17-19H,15-16H2. The fourth-order valence-electron chi connectivity index (χ4n) is 5.75. The number of fused-ring (bicyclic) bond motifs is 6. The zero-order chi connectivity index (χ0) is 24.5. The minimum atomic E-state index is 0.147. The van der Waals surface area contributed by atoms with Crippen molar-refractivity contribution in [1.29, 1.82) is 0 Å². The smallest absolute Gasteiger partial charge is 0.195 e. The molecule has 37 heavy (non-hydrogen) atoms. The largest absolute Gasteiger partial charge is 0.308 e. The first-order chi connectivity index (χ1) is 18.2. The number of nitrogens with zero attached hydrogens (tertiary/aromatic N) is 1. The molecule has 1 aliphatic carbocycles. The third-order valence-electron chi connectivity index (χ3n) is 7.54. The van der Waals surface area contributed by atoms with Crippen molar-refractivity contribution >= 4 is 60.3 Å². The molecule has 2 heterocycles. The minimum Gasteiger partial charge on any atom is -0.308 e. The van der Waals surface area contributed by atoms with E-state index >= 15 is 0 Å². The molecule has 1 aromatic heterocycles. The predicted octanol–water partition coefficient (Wildman–Crippen LogP) is 8.84. The van der Waals surface area contributed by atoms with E-state index in [1.54, 1.807) is 11.3 Å². The lowest BCUT2D eigenvalue weighted by atomic mass is 9.85. The highest BCUT2D eigenvalue weighted by Crippen LogP contribution is 2.51. The predicted molar refractivity (Wildman–Crippen MR) is 156 cm³/mol. The first-order valence-electron chi connectivity index (χ1n) is 12.5. The van der Waals surface area contributed by atoms with Crippen LogP contribution in [0.1, 0.15) is 22.3 Å². The van der Waals surface area contributed by atoms with Crippen LogP contribution in [0.5, 0.6) is 0 Å². The van der Waals surface area contributed by atoms with Crippen LogP contribution in [0.25, 0.3) is 20.2 Å². The summed E-state index contributed by atoms with van der Waals surface area (Å²) >= 11 is 3.56. The Morgan fingerprint density at radius 1 is 0.568 bits per heavy atom. The van der Waals surface area contributed by atoms with Crippen molar-refractivity contribution in [3.05, 3.63) is 136 Å². The Kier molecular flexibility index (Phi) is 4.63. The van der Waals surface area contributed by atoms with E-state index in [1.807, 2.05) is 30.0 Å². The van der Waals surface area contributed by atoms with E-state index in [0.717, 1.165) is 33.0 Å². The fraction of sp³-hybridized carbons (Fsp3) is 0.0606. The SMILES string of the molecule is O=c1c2ccccc2sc2cc3c(cc12)Cc1ccc(N2c4ccccc4Sc4ccccc42)cc1C3. The molecule has 4 heteroatoms. The number of para-hydroxylation sites is 2. The van der Waals surface area contributed by atoms with Gasteiger partial charge in [0.15, 0.2) is 5.43 Å². The molecule has 0 unspecified atom stereocenters. The molecule has 0 saturated heterocycles. The fourth-order valence-corrected chi connectivity index (χ4v) is 7.92. The van der Waals surface area contributed by atoms with Crippen molar-refractivity contribution in [2.45, 2.75) is 22.6 Å². The molecule has 0 radical (unpaired) electrons. The summed E-state index contributed by atoms with van der Waals surface area (Å²) in [5.74, 6) is 0. The van der Waals surface area contributed by atoms with Gasteiger partial charge in [0.25, 0.3) is 0 Å². The zero-order valence-electron chi connectivity index (χ0n) is 19.9. The number of hydrogen-bond acceptors (Lipinski definition) is 4. The van der Waals surface area contributed by atoms with Crippen molar-refractivity contribution in [3.8, 4) is 0 Å². The van der Waals surface area contributed by atoms with Crippen LogP contribution < -0.4 is 10.3 Å². The summed E-state index contributed by atoms with van der Waals surface area (Å²) in [6.07, 6.45) is 1.74. The average Bonchev–Trinajstić information content (AvgIpc) is 2.94. The molecule has 0 fully saturated rings. The summed E-state index contributed by atoms with van der Waals surface area (Å²) in [6, 6.07) is 36.6. The molecular formula is C33H21NOS2. The molecule has 1 aliphatic heterocycles. The second-order valence-electron chi connectivity index (χ2n) is 9.72. The molecule has 5 aromatic carbocycles. The zero-order valence-corrected chi connectivity index (χ0v) is 21.5. The molecule has 0 N–H and O–H groups in total. The summed E-state index contributed by atoms with van der Waals surface area (Å²) in [7, 11) is 0. The summed E-state index contributed by atoms with van der Waals surface area (Å²) in [4.78, 5) is 18.2. The van der Waals surface area contributed by atoms with Gasteiger partial charge >= 0.3 is 0 Å². The van der Waals surface area contributed by atoms with Crippen LogP contribution in [0, 0.1) is 0 Å². The molecule has 2 aliphatic rings. The second kappa shape index (κ2) is 8.07. The van der Waals surface area contributed by atoms with E-state index in [4.69, 9.17) is 0 Å². The summed E-state index contributed by atoms with van der Waals surface area (Å²) < 4.78 is 2.14. The second-order valence-corrected chi connectivity index (χ2v) is 11.9. The van der Waals surface area contributed by atoms with E-state index in [9.17, 15) is 4.79 Å². The molecule has 6 aromatic rings. The molecule has 0 amide bonds. The van der Waals surface area contributed by atoms with Gasteiger partial charge < -0.3 is 4.90 Å². The van der Waals surface area contributed by atoms with Gasteiger partial charge in [0.1, 0.15) is 0 Å².